The number of nitrogens with one attached hydrogen (secondary N) is 1. The van der Waals surface area contributed by atoms with Crippen LogP contribution in [0.25, 0.3) is 6.08 Å². The van der Waals surface area contributed by atoms with Crippen LogP contribution in [-0.2, 0) is 23.9 Å². The summed E-state index contributed by atoms with van der Waals surface area (Å²) in [6, 6.07) is 6.37. The van der Waals surface area contributed by atoms with E-state index in [0.717, 1.165) is 31.8 Å². The number of hydrogen-bond donors (Lipinski definition) is 3. The minimum absolute atomic E-state index is 0.0791. The zero-order chi connectivity index (χ0) is 21.2. The van der Waals surface area contributed by atoms with Crippen molar-refractivity contribution in [2.75, 3.05) is 6.54 Å². The lowest BCUT2D eigenvalue weighted by Crippen LogP contribution is -2.33. The number of benzene rings is 1. The van der Waals surface area contributed by atoms with E-state index in [2.05, 4.69) is 5.32 Å². The molecular weight excluding hydrogens is 378 g/mol. The van der Waals surface area contributed by atoms with E-state index in [-0.39, 0.29) is 25.3 Å². The maximum Gasteiger partial charge on any atom is 0.328 e. The van der Waals surface area contributed by atoms with Crippen LogP contribution in [0.4, 0.5) is 0 Å². The topological polar surface area (TPSA) is 130 Å². The van der Waals surface area contributed by atoms with Gasteiger partial charge in [-0.2, -0.15) is 0 Å². The summed E-state index contributed by atoms with van der Waals surface area (Å²) in [4.78, 5) is 46.1. The number of rotatable bonds is 10. The van der Waals surface area contributed by atoms with Gasteiger partial charge in [0.05, 0.1) is 6.42 Å². The predicted octanol–water partition coefficient (Wildman–Crippen LogP) is 2.54. The van der Waals surface area contributed by atoms with E-state index >= 15 is 0 Å². The lowest BCUT2D eigenvalue weighted by molar-refractivity contribution is -0.157. The van der Waals surface area contributed by atoms with Crippen LogP contribution < -0.4 is 5.32 Å². The number of carbonyl (C=O) groups is 4. The van der Waals surface area contributed by atoms with Crippen LogP contribution in [0.3, 0.4) is 0 Å². The summed E-state index contributed by atoms with van der Waals surface area (Å²) in [5.41, 5.74) is 1.03. The molecule has 1 aromatic rings. The highest BCUT2D eigenvalue weighted by molar-refractivity contribution is 5.86. The quantitative estimate of drug-likeness (QED) is 0.404. The number of aliphatic carboxylic acids is 2. The van der Waals surface area contributed by atoms with Crippen LogP contribution >= 0.6 is 0 Å². The number of carboxylic acid groups (broad SMARTS) is 2. The molecule has 0 spiro atoms. The molecular formula is C21H25NO7. The maximum absolute atomic E-state index is 12.5. The molecule has 3 N–H and O–H groups in total. The van der Waals surface area contributed by atoms with Crippen molar-refractivity contribution < 1.29 is 34.1 Å². The molecule has 0 heterocycles. The summed E-state index contributed by atoms with van der Waals surface area (Å²) in [6.07, 6.45) is 5.31. The normalized spacial score (nSPS) is 15.2. The van der Waals surface area contributed by atoms with Gasteiger partial charge in [-0.15, -0.1) is 0 Å². The largest absolute Gasteiger partial charge is 0.481 e. The second-order valence-corrected chi connectivity index (χ2v) is 7.00. The Hall–Kier alpha value is -3.16. The molecule has 0 aliphatic heterocycles. The zero-order valence-corrected chi connectivity index (χ0v) is 16.0. The van der Waals surface area contributed by atoms with Gasteiger partial charge in [0.15, 0.2) is 0 Å². The second-order valence-electron chi connectivity index (χ2n) is 7.00. The molecule has 1 atom stereocenters. The molecule has 8 nitrogen and oxygen atoms in total. The minimum Gasteiger partial charge on any atom is -0.481 e. The standard InChI is InChI=1S/C21H25NO7/c23-17(24)10-7-14-5-8-16(9-6-14)20(21(28)22-12-11-18(25)26)29-19(27)13-15-3-1-2-4-15/h5-10,15,20H,1-4,11-13H2,(H,22,28)(H,23,24)(H,25,26). The second kappa shape index (κ2) is 11.0. The fourth-order valence-electron chi connectivity index (χ4n) is 3.24. The molecule has 2 rings (SSSR count). The van der Waals surface area contributed by atoms with E-state index in [1.807, 2.05) is 0 Å². The van der Waals surface area contributed by atoms with E-state index in [4.69, 9.17) is 14.9 Å². The molecule has 1 saturated carbocycles. The summed E-state index contributed by atoms with van der Waals surface area (Å²) in [6.45, 7) is -0.0791. The first-order valence-corrected chi connectivity index (χ1v) is 9.55. The van der Waals surface area contributed by atoms with E-state index < -0.39 is 29.9 Å². The fourth-order valence-corrected chi connectivity index (χ4v) is 3.24. The van der Waals surface area contributed by atoms with Gasteiger partial charge >= 0.3 is 17.9 Å². The van der Waals surface area contributed by atoms with Gasteiger partial charge in [-0.1, -0.05) is 37.1 Å². The van der Waals surface area contributed by atoms with Gasteiger partial charge in [-0.05, 0) is 30.4 Å². The van der Waals surface area contributed by atoms with Crippen LogP contribution in [0, 0.1) is 5.92 Å². The molecule has 0 saturated heterocycles. The monoisotopic (exact) mass is 403 g/mol. The third-order valence-electron chi connectivity index (χ3n) is 4.71. The number of esters is 1. The minimum atomic E-state index is -1.20. The molecule has 1 aromatic carbocycles. The Morgan fingerprint density at radius 2 is 1.76 bits per heavy atom. The van der Waals surface area contributed by atoms with Crippen molar-refractivity contribution in [1.29, 1.82) is 0 Å². The molecule has 8 heteroatoms. The highest BCUT2D eigenvalue weighted by Crippen LogP contribution is 2.29. The van der Waals surface area contributed by atoms with Gasteiger partial charge < -0.3 is 20.3 Å². The van der Waals surface area contributed by atoms with Crippen molar-refractivity contribution in [3.63, 3.8) is 0 Å². The molecule has 1 aliphatic carbocycles. The average molecular weight is 403 g/mol. The molecule has 0 bridgehead atoms. The summed E-state index contributed by atoms with van der Waals surface area (Å²) < 4.78 is 5.45. The molecule has 0 radical (unpaired) electrons. The van der Waals surface area contributed by atoms with Crippen molar-refractivity contribution in [1.82, 2.24) is 5.32 Å². The number of hydrogen-bond acceptors (Lipinski definition) is 5. The number of ether oxygens (including phenoxy) is 1. The maximum atomic E-state index is 12.5. The smallest absolute Gasteiger partial charge is 0.328 e. The Morgan fingerprint density at radius 1 is 1.10 bits per heavy atom. The number of amides is 1. The highest BCUT2D eigenvalue weighted by atomic mass is 16.5. The summed E-state index contributed by atoms with van der Waals surface area (Å²) in [7, 11) is 0. The highest BCUT2D eigenvalue weighted by Gasteiger charge is 2.27. The Morgan fingerprint density at radius 3 is 2.34 bits per heavy atom. The first-order chi connectivity index (χ1) is 13.8. The molecule has 0 aromatic heterocycles. The Balaban J connectivity index is 2.09. The van der Waals surface area contributed by atoms with Crippen LogP contribution in [0.5, 0.6) is 0 Å². The van der Waals surface area contributed by atoms with Crippen LogP contribution in [0.2, 0.25) is 0 Å². The summed E-state index contributed by atoms with van der Waals surface area (Å²) in [5, 5.41) is 19.9. The lowest BCUT2D eigenvalue weighted by Gasteiger charge is -2.19. The van der Waals surface area contributed by atoms with Crippen molar-refractivity contribution in [2.24, 2.45) is 5.92 Å². The van der Waals surface area contributed by atoms with Crippen molar-refractivity contribution >= 4 is 29.9 Å². The first kappa shape index (κ1) is 22.1. The molecule has 29 heavy (non-hydrogen) atoms. The van der Waals surface area contributed by atoms with Crippen LogP contribution in [0.15, 0.2) is 30.3 Å². The number of carbonyl (C=O) groups excluding carboxylic acids is 2. The van der Waals surface area contributed by atoms with Gasteiger partial charge in [0, 0.05) is 24.6 Å². The molecule has 1 unspecified atom stereocenters. The first-order valence-electron chi connectivity index (χ1n) is 9.55. The molecule has 1 fully saturated rings. The summed E-state index contributed by atoms with van der Waals surface area (Å²) >= 11 is 0. The van der Waals surface area contributed by atoms with Gasteiger partial charge in [-0.25, -0.2) is 4.79 Å². The van der Waals surface area contributed by atoms with Gasteiger partial charge in [0.1, 0.15) is 0 Å². The van der Waals surface area contributed by atoms with E-state index in [0.29, 0.717) is 11.1 Å². The van der Waals surface area contributed by atoms with Gasteiger partial charge in [0.25, 0.3) is 5.91 Å². The van der Waals surface area contributed by atoms with E-state index in [1.165, 1.54) is 6.08 Å². The SMILES string of the molecule is O=C(O)C=Cc1ccc(C(OC(=O)CC2CCCC2)C(=O)NCCC(=O)O)cc1. The lowest BCUT2D eigenvalue weighted by atomic mass is 10.0. The van der Waals surface area contributed by atoms with Crippen LogP contribution in [-0.4, -0.2) is 40.6 Å². The average Bonchev–Trinajstić information content (AvgIpc) is 3.17. The third kappa shape index (κ3) is 7.77. The Labute approximate surface area is 168 Å². The third-order valence-corrected chi connectivity index (χ3v) is 4.71. The van der Waals surface area contributed by atoms with Crippen molar-refractivity contribution in [2.45, 2.75) is 44.6 Å². The van der Waals surface area contributed by atoms with Crippen molar-refractivity contribution in [3.05, 3.63) is 41.5 Å². The van der Waals surface area contributed by atoms with E-state index in [9.17, 15) is 19.2 Å². The molecule has 1 amide bonds. The number of carboxylic acids is 2. The van der Waals surface area contributed by atoms with Crippen LogP contribution in [0.1, 0.15) is 55.8 Å². The van der Waals surface area contributed by atoms with E-state index in [1.54, 1.807) is 24.3 Å². The molecule has 1 aliphatic rings. The Bertz CT molecular complexity index is 764. The zero-order valence-electron chi connectivity index (χ0n) is 16.0. The molecule has 156 valence electrons. The predicted molar refractivity (Wildman–Crippen MR) is 104 cm³/mol. The summed E-state index contributed by atoms with van der Waals surface area (Å²) in [5.74, 6) is -2.92. The van der Waals surface area contributed by atoms with Crippen molar-refractivity contribution in [3.8, 4) is 0 Å². The fraction of sp³-hybridized carbons (Fsp3) is 0.429. The van der Waals surface area contributed by atoms with Gasteiger partial charge in [0.2, 0.25) is 6.10 Å². The van der Waals surface area contributed by atoms with Gasteiger partial charge in [-0.3, -0.25) is 14.4 Å². The Kier molecular flexibility index (Phi) is 8.39.